The van der Waals surface area contributed by atoms with E-state index < -0.39 is 0 Å². The van der Waals surface area contributed by atoms with Crippen molar-refractivity contribution in [1.82, 2.24) is 15.0 Å². The number of rotatable bonds is 3. The standard InChI is InChI=1S/C10H11BrN4S/c1-15-5-8(13-14-15)6-16-10-3-2-7(11)4-9(10)12/h2-5H,6,12H2,1H3. The van der Waals surface area contributed by atoms with Gasteiger partial charge in [0.25, 0.3) is 0 Å². The van der Waals surface area contributed by atoms with Crippen LogP contribution < -0.4 is 5.73 Å². The van der Waals surface area contributed by atoms with E-state index in [1.54, 1.807) is 16.4 Å². The van der Waals surface area contributed by atoms with Crippen molar-refractivity contribution < 1.29 is 0 Å². The van der Waals surface area contributed by atoms with E-state index in [0.717, 1.165) is 26.5 Å². The van der Waals surface area contributed by atoms with E-state index in [4.69, 9.17) is 5.73 Å². The van der Waals surface area contributed by atoms with Crippen LogP contribution in [0.2, 0.25) is 0 Å². The normalized spacial score (nSPS) is 10.6. The van der Waals surface area contributed by atoms with Crippen LogP contribution in [0.25, 0.3) is 0 Å². The van der Waals surface area contributed by atoms with E-state index in [2.05, 4.69) is 26.2 Å². The monoisotopic (exact) mass is 298 g/mol. The summed E-state index contributed by atoms with van der Waals surface area (Å²) >= 11 is 5.04. The molecule has 0 amide bonds. The van der Waals surface area contributed by atoms with Gasteiger partial charge in [-0.05, 0) is 18.2 Å². The summed E-state index contributed by atoms with van der Waals surface area (Å²) in [4.78, 5) is 1.06. The van der Waals surface area contributed by atoms with Gasteiger partial charge in [0.15, 0.2) is 0 Å². The van der Waals surface area contributed by atoms with Crippen LogP contribution in [0.4, 0.5) is 5.69 Å². The maximum absolute atomic E-state index is 5.90. The molecule has 0 atom stereocenters. The highest BCUT2D eigenvalue weighted by Gasteiger charge is 2.03. The summed E-state index contributed by atoms with van der Waals surface area (Å²) < 4.78 is 2.69. The maximum atomic E-state index is 5.90. The number of aryl methyl sites for hydroxylation is 1. The summed E-state index contributed by atoms with van der Waals surface area (Å²) in [5.74, 6) is 0.777. The Hall–Kier alpha value is -1.01. The number of nitrogens with two attached hydrogens (primary N) is 1. The van der Waals surface area contributed by atoms with Gasteiger partial charge < -0.3 is 5.73 Å². The highest BCUT2D eigenvalue weighted by Crippen LogP contribution is 2.29. The molecule has 0 fully saturated rings. The first-order chi connectivity index (χ1) is 7.65. The van der Waals surface area contributed by atoms with Gasteiger partial charge in [-0.25, -0.2) is 0 Å². The molecule has 4 nitrogen and oxygen atoms in total. The average Bonchev–Trinajstić information content (AvgIpc) is 2.63. The minimum Gasteiger partial charge on any atom is -0.398 e. The molecular formula is C10H11BrN4S. The van der Waals surface area contributed by atoms with E-state index in [1.165, 1.54) is 0 Å². The van der Waals surface area contributed by atoms with Crippen molar-refractivity contribution in [3.8, 4) is 0 Å². The van der Waals surface area contributed by atoms with Crippen molar-refractivity contribution in [2.45, 2.75) is 10.6 Å². The first kappa shape index (κ1) is 11.5. The van der Waals surface area contributed by atoms with Crippen molar-refractivity contribution in [3.05, 3.63) is 34.6 Å². The van der Waals surface area contributed by atoms with Gasteiger partial charge in [-0.15, -0.1) is 16.9 Å². The molecule has 1 heterocycles. The topological polar surface area (TPSA) is 56.7 Å². The first-order valence-electron chi connectivity index (χ1n) is 4.68. The summed E-state index contributed by atoms with van der Waals surface area (Å²) in [5.41, 5.74) is 7.63. The molecule has 0 unspecified atom stereocenters. The number of aromatic nitrogens is 3. The predicted molar refractivity (Wildman–Crippen MR) is 69.1 cm³/mol. The molecule has 1 aromatic carbocycles. The van der Waals surface area contributed by atoms with Gasteiger partial charge in [-0.1, -0.05) is 21.1 Å². The van der Waals surface area contributed by atoms with Gasteiger partial charge in [-0.3, -0.25) is 4.68 Å². The van der Waals surface area contributed by atoms with Gasteiger partial charge in [0.1, 0.15) is 0 Å². The first-order valence-corrected chi connectivity index (χ1v) is 6.46. The van der Waals surface area contributed by atoms with Gasteiger partial charge in [0.2, 0.25) is 0 Å². The second-order valence-electron chi connectivity index (χ2n) is 3.35. The Labute approximate surface area is 106 Å². The lowest BCUT2D eigenvalue weighted by molar-refractivity contribution is 0.714. The maximum Gasteiger partial charge on any atom is 0.0929 e. The molecule has 0 saturated heterocycles. The molecular weight excluding hydrogens is 288 g/mol. The molecule has 2 aromatic rings. The van der Waals surface area contributed by atoms with Gasteiger partial charge in [0, 0.05) is 34.1 Å². The van der Waals surface area contributed by atoms with Crippen LogP contribution in [0, 0.1) is 0 Å². The highest BCUT2D eigenvalue weighted by atomic mass is 79.9. The third-order valence-corrected chi connectivity index (χ3v) is 3.61. The van der Waals surface area contributed by atoms with Crippen molar-refractivity contribution in [2.75, 3.05) is 5.73 Å². The molecule has 0 aliphatic rings. The lowest BCUT2D eigenvalue weighted by atomic mass is 10.3. The quantitative estimate of drug-likeness (QED) is 0.698. The third kappa shape index (κ3) is 2.76. The lowest BCUT2D eigenvalue weighted by Crippen LogP contribution is -1.89. The van der Waals surface area contributed by atoms with Crippen LogP contribution in [0.15, 0.2) is 33.8 Å². The fraction of sp³-hybridized carbons (Fsp3) is 0.200. The Morgan fingerprint density at radius 2 is 2.31 bits per heavy atom. The number of hydrogen-bond donors (Lipinski definition) is 1. The van der Waals surface area contributed by atoms with Crippen LogP contribution in [0.3, 0.4) is 0 Å². The smallest absolute Gasteiger partial charge is 0.0929 e. The number of thioether (sulfide) groups is 1. The van der Waals surface area contributed by atoms with Crippen LogP contribution in [0.1, 0.15) is 5.69 Å². The van der Waals surface area contributed by atoms with Crippen LogP contribution >= 0.6 is 27.7 Å². The van der Waals surface area contributed by atoms with E-state index in [9.17, 15) is 0 Å². The van der Waals surface area contributed by atoms with E-state index in [1.807, 2.05) is 31.4 Å². The van der Waals surface area contributed by atoms with E-state index in [-0.39, 0.29) is 0 Å². The largest absolute Gasteiger partial charge is 0.398 e. The number of anilines is 1. The summed E-state index contributed by atoms with van der Waals surface area (Å²) in [6.45, 7) is 0. The molecule has 2 rings (SSSR count). The second kappa shape index (κ2) is 4.88. The molecule has 0 spiro atoms. The summed E-state index contributed by atoms with van der Waals surface area (Å²) in [5, 5.41) is 7.90. The van der Waals surface area contributed by atoms with Crippen molar-refractivity contribution in [3.63, 3.8) is 0 Å². The highest BCUT2D eigenvalue weighted by molar-refractivity contribution is 9.10. The molecule has 0 aliphatic carbocycles. The van der Waals surface area contributed by atoms with Crippen molar-refractivity contribution >= 4 is 33.4 Å². The number of halogens is 1. The van der Waals surface area contributed by atoms with E-state index in [0.29, 0.717) is 0 Å². The molecule has 1 aromatic heterocycles. The minimum atomic E-state index is 0.777. The number of nitrogens with zero attached hydrogens (tertiary/aromatic N) is 3. The molecule has 84 valence electrons. The molecule has 0 aliphatic heterocycles. The Bertz CT molecular complexity index is 497. The van der Waals surface area contributed by atoms with Crippen LogP contribution in [0.5, 0.6) is 0 Å². The summed E-state index contributed by atoms with van der Waals surface area (Å²) in [6.07, 6.45) is 1.90. The fourth-order valence-corrected chi connectivity index (χ4v) is 2.47. The van der Waals surface area contributed by atoms with Crippen molar-refractivity contribution in [2.24, 2.45) is 7.05 Å². The predicted octanol–water partition coefficient (Wildman–Crippen LogP) is 2.45. The zero-order valence-corrected chi connectivity index (χ0v) is 11.1. The van der Waals surface area contributed by atoms with Crippen LogP contribution in [-0.4, -0.2) is 15.0 Å². The molecule has 6 heteroatoms. The molecule has 16 heavy (non-hydrogen) atoms. The summed E-state index contributed by atoms with van der Waals surface area (Å²) in [6, 6.07) is 5.88. The SMILES string of the molecule is Cn1cc(CSc2ccc(Br)cc2N)nn1. The van der Waals surface area contributed by atoms with Gasteiger partial charge in [0.05, 0.1) is 5.69 Å². The summed E-state index contributed by atoms with van der Waals surface area (Å²) in [7, 11) is 1.86. The minimum absolute atomic E-state index is 0.777. The number of hydrogen-bond acceptors (Lipinski definition) is 4. The Morgan fingerprint density at radius 1 is 1.50 bits per heavy atom. The zero-order valence-electron chi connectivity index (χ0n) is 8.72. The van der Waals surface area contributed by atoms with Crippen molar-refractivity contribution in [1.29, 1.82) is 0 Å². The second-order valence-corrected chi connectivity index (χ2v) is 5.29. The van der Waals surface area contributed by atoms with Crippen LogP contribution in [-0.2, 0) is 12.8 Å². The number of nitrogen functional groups attached to an aromatic ring is 1. The molecule has 2 N–H and O–H groups in total. The van der Waals surface area contributed by atoms with E-state index >= 15 is 0 Å². The molecule has 0 bridgehead atoms. The lowest BCUT2D eigenvalue weighted by Gasteiger charge is -2.03. The Kier molecular flexibility index (Phi) is 3.50. The Balaban J connectivity index is 2.04. The average molecular weight is 299 g/mol. The van der Waals surface area contributed by atoms with Gasteiger partial charge >= 0.3 is 0 Å². The third-order valence-electron chi connectivity index (χ3n) is 2.00. The molecule has 0 radical (unpaired) electrons. The van der Waals surface area contributed by atoms with Gasteiger partial charge in [-0.2, -0.15) is 0 Å². The zero-order chi connectivity index (χ0) is 11.5. The number of benzene rings is 1. The molecule has 0 saturated carbocycles. The Morgan fingerprint density at radius 3 is 2.94 bits per heavy atom. The fourth-order valence-electron chi connectivity index (χ4n) is 1.26.